The first kappa shape index (κ1) is 23.3. The maximum absolute atomic E-state index is 14.2. The molecule has 1 aromatic heterocycles. The minimum atomic E-state index is -0.601. The fourth-order valence-corrected chi connectivity index (χ4v) is 3.65. The number of nitrogens with zero attached hydrogens (tertiary/aromatic N) is 2. The van der Waals surface area contributed by atoms with Gasteiger partial charge in [-0.05, 0) is 63.9 Å². The van der Waals surface area contributed by atoms with Gasteiger partial charge >= 0.3 is 6.09 Å². The monoisotopic (exact) mass is 444 g/mol. The van der Waals surface area contributed by atoms with Crippen LogP contribution in [0.3, 0.4) is 0 Å². The van der Waals surface area contributed by atoms with Gasteiger partial charge in [-0.15, -0.1) is 0 Å². The third-order valence-electron chi connectivity index (χ3n) is 5.06. The predicted octanol–water partition coefficient (Wildman–Crippen LogP) is 4.41. The number of carbonyl (C=O) groups excluding carboxylic acids is 3. The highest BCUT2D eigenvalue weighted by Crippen LogP contribution is 2.27. The van der Waals surface area contributed by atoms with Crippen LogP contribution in [0.25, 0.3) is 0 Å². The fourth-order valence-electron chi connectivity index (χ4n) is 3.65. The molecule has 3 rings (SSSR count). The molecule has 0 aliphatic carbocycles. The Balaban J connectivity index is 1.67. The lowest BCUT2D eigenvalue weighted by atomic mass is 10.0. The van der Waals surface area contributed by atoms with Crippen molar-refractivity contribution in [2.45, 2.75) is 52.2 Å². The molecule has 0 unspecified atom stereocenters. The summed E-state index contributed by atoms with van der Waals surface area (Å²) < 4.78 is 21.5. The summed E-state index contributed by atoms with van der Waals surface area (Å²) in [6.45, 7) is 7.88. The van der Waals surface area contributed by atoms with E-state index in [1.165, 1.54) is 25.1 Å². The van der Waals surface area contributed by atoms with E-state index in [-0.39, 0.29) is 23.7 Å². The maximum atomic E-state index is 14.2. The summed E-state index contributed by atoms with van der Waals surface area (Å²) >= 11 is 0. The molecule has 32 heavy (non-hydrogen) atoms. The average molecular weight is 445 g/mol. The van der Waals surface area contributed by atoms with Crippen molar-refractivity contribution >= 4 is 29.3 Å². The van der Waals surface area contributed by atoms with Crippen LogP contribution in [-0.4, -0.2) is 46.1 Å². The third kappa shape index (κ3) is 5.87. The molecule has 0 spiro atoms. The fraction of sp³-hybridized carbons (Fsp3) is 0.435. The maximum Gasteiger partial charge on any atom is 0.410 e. The van der Waals surface area contributed by atoms with Gasteiger partial charge in [0, 0.05) is 37.9 Å². The molecule has 1 aliphatic heterocycles. The molecule has 1 aliphatic rings. The second kappa shape index (κ2) is 9.42. The van der Waals surface area contributed by atoms with E-state index >= 15 is 0 Å². The van der Waals surface area contributed by atoms with Gasteiger partial charge < -0.3 is 24.8 Å². The lowest BCUT2D eigenvalue weighted by Gasteiger charge is -2.34. The molecule has 3 amide bonds. The van der Waals surface area contributed by atoms with Gasteiger partial charge in [0.1, 0.15) is 17.1 Å². The molecule has 0 bridgehead atoms. The highest BCUT2D eigenvalue weighted by Gasteiger charge is 2.28. The Bertz CT molecular complexity index is 1000. The van der Waals surface area contributed by atoms with Crippen molar-refractivity contribution in [3.63, 3.8) is 0 Å². The Morgan fingerprint density at radius 3 is 2.41 bits per heavy atom. The average Bonchev–Trinajstić information content (AvgIpc) is 3.19. The number of aromatic nitrogens is 1. The Labute approximate surface area is 186 Å². The summed E-state index contributed by atoms with van der Waals surface area (Å²) in [7, 11) is 0. The van der Waals surface area contributed by atoms with Crippen molar-refractivity contribution in [3.8, 4) is 0 Å². The van der Waals surface area contributed by atoms with E-state index in [1.54, 1.807) is 17.0 Å². The minimum Gasteiger partial charge on any atom is -0.444 e. The standard InChI is InChI=1S/C23H29FN4O4/c1-15(29)25-16-7-8-18(24)19(14-16)26-21(30)20-6-5-11-28(20)17-9-12-27(13-10-17)22(31)32-23(2,3)4/h5-8,11,14,17H,9-10,12-13H2,1-4H3,(H,25,29)(H,26,30). The van der Waals surface area contributed by atoms with Gasteiger partial charge in [0.25, 0.3) is 5.91 Å². The van der Waals surface area contributed by atoms with Crippen LogP contribution in [0.1, 0.15) is 57.1 Å². The van der Waals surface area contributed by atoms with Gasteiger partial charge in [-0.25, -0.2) is 9.18 Å². The molecule has 0 atom stereocenters. The normalized spacial score (nSPS) is 14.7. The molecular weight excluding hydrogens is 415 g/mol. The Morgan fingerprint density at radius 2 is 1.78 bits per heavy atom. The van der Waals surface area contributed by atoms with Gasteiger partial charge in [-0.2, -0.15) is 0 Å². The summed E-state index contributed by atoms with van der Waals surface area (Å²) in [5.41, 5.74) is 0.212. The molecule has 1 fully saturated rings. The second-order valence-corrected chi connectivity index (χ2v) is 8.83. The van der Waals surface area contributed by atoms with Crippen LogP contribution in [0.15, 0.2) is 36.5 Å². The number of benzene rings is 1. The zero-order valence-electron chi connectivity index (χ0n) is 18.8. The molecule has 0 saturated carbocycles. The van der Waals surface area contributed by atoms with Crippen LogP contribution in [0.4, 0.5) is 20.6 Å². The summed E-state index contributed by atoms with van der Waals surface area (Å²) in [6.07, 6.45) is 2.81. The highest BCUT2D eigenvalue weighted by atomic mass is 19.1. The molecule has 1 aromatic carbocycles. The zero-order valence-corrected chi connectivity index (χ0v) is 18.8. The SMILES string of the molecule is CC(=O)Nc1ccc(F)c(NC(=O)c2cccn2C2CCN(C(=O)OC(C)(C)C)CC2)c1. The summed E-state index contributed by atoms with van der Waals surface area (Å²) in [5, 5.41) is 5.15. The van der Waals surface area contributed by atoms with Gasteiger partial charge in [0.15, 0.2) is 0 Å². The minimum absolute atomic E-state index is 0.0197. The van der Waals surface area contributed by atoms with Crippen molar-refractivity contribution in [2.24, 2.45) is 0 Å². The quantitative estimate of drug-likeness (QED) is 0.731. The largest absolute Gasteiger partial charge is 0.444 e. The van der Waals surface area contributed by atoms with Crippen molar-refractivity contribution in [1.82, 2.24) is 9.47 Å². The van der Waals surface area contributed by atoms with Crippen LogP contribution in [-0.2, 0) is 9.53 Å². The smallest absolute Gasteiger partial charge is 0.410 e. The molecule has 1 saturated heterocycles. The zero-order chi connectivity index (χ0) is 23.5. The van der Waals surface area contributed by atoms with Crippen LogP contribution in [0.5, 0.6) is 0 Å². The Kier molecular flexibility index (Phi) is 6.86. The highest BCUT2D eigenvalue weighted by molar-refractivity contribution is 6.03. The molecule has 2 N–H and O–H groups in total. The number of ether oxygens (including phenoxy) is 1. The van der Waals surface area contributed by atoms with Crippen molar-refractivity contribution in [2.75, 3.05) is 23.7 Å². The third-order valence-corrected chi connectivity index (χ3v) is 5.06. The van der Waals surface area contributed by atoms with E-state index in [0.29, 0.717) is 37.3 Å². The number of rotatable bonds is 4. The van der Waals surface area contributed by atoms with E-state index in [1.807, 2.05) is 31.5 Å². The van der Waals surface area contributed by atoms with Crippen molar-refractivity contribution in [3.05, 3.63) is 48.0 Å². The number of likely N-dealkylation sites (tertiary alicyclic amines) is 1. The van der Waals surface area contributed by atoms with Crippen LogP contribution < -0.4 is 10.6 Å². The molecule has 2 heterocycles. The number of amides is 3. The molecular formula is C23H29FN4O4. The van der Waals surface area contributed by atoms with E-state index in [4.69, 9.17) is 4.74 Å². The Morgan fingerprint density at radius 1 is 1.09 bits per heavy atom. The predicted molar refractivity (Wildman–Crippen MR) is 119 cm³/mol. The molecule has 0 radical (unpaired) electrons. The summed E-state index contributed by atoms with van der Waals surface area (Å²) in [5.74, 6) is -1.35. The molecule has 8 nitrogen and oxygen atoms in total. The van der Waals surface area contributed by atoms with E-state index in [0.717, 1.165) is 0 Å². The molecule has 172 valence electrons. The first-order chi connectivity index (χ1) is 15.0. The van der Waals surface area contributed by atoms with Gasteiger partial charge in [-0.3, -0.25) is 9.59 Å². The molecule has 2 aromatic rings. The van der Waals surface area contributed by atoms with Crippen molar-refractivity contribution < 1.29 is 23.5 Å². The van der Waals surface area contributed by atoms with E-state index in [2.05, 4.69) is 10.6 Å². The number of carbonyl (C=O) groups is 3. The first-order valence-electron chi connectivity index (χ1n) is 10.6. The lowest BCUT2D eigenvalue weighted by molar-refractivity contribution is -0.114. The van der Waals surface area contributed by atoms with E-state index in [9.17, 15) is 18.8 Å². The van der Waals surface area contributed by atoms with Gasteiger partial charge in [0.05, 0.1) is 5.69 Å². The number of anilines is 2. The van der Waals surface area contributed by atoms with E-state index < -0.39 is 17.3 Å². The second-order valence-electron chi connectivity index (χ2n) is 8.83. The number of nitrogens with one attached hydrogen (secondary N) is 2. The number of halogens is 1. The van der Waals surface area contributed by atoms with Crippen LogP contribution in [0, 0.1) is 5.82 Å². The Hall–Kier alpha value is -3.36. The number of piperidine rings is 1. The number of hydrogen-bond acceptors (Lipinski definition) is 4. The van der Waals surface area contributed by atoms with Crippen molar-refractivity contribution in [1.29, 1.82) is 0 Å². The topological polar surface area (TPSA) is 92.7 Å². The summed E-state index contributed by atoms with van der Waals surface area (Å²) in [4.78, 5) is 38.1. The number of hydrogen-bond donors (Lipinski definition) is 2. The summed E-state index contributed by atoms with van der Waals surface area (Å²) in [6, 6.07) is 7.45. The molecule has 9 heteroatoms. The van der Waals surface area contributed by atoms with Crippen LogP contribution >= 0.6 is 0 Å². The van der Waals surface area contributed by atoms with Gasteiger partial charge in [-0.1, -0.05) is 0 Å². The van der Waals surface area contributed by atoms with Gasteiger partial charge in [0.2, 0.25) is 5.91 Å². The first-order valence-corrected chi connectivity index (χ1v) is 10.6. The van der Waals surface area contributed by atoms with Crippen LogP contribution in [0.2, 0.25) is 0 Å². The lowest BCUT2D eigenvalue weighted by Crippen LogP contribution is -2.42.